The summed E-state index contributed by atoms with van der Waals surface area (Å²) in [7, 11) is 0. The molecule has 2 fully saturated rings. The monoisotopic (exact) mass is 122 g/mol. The van der Waals surface area contributed by atoms with E-state index >= 15 is 0 Å². The first-order valence-corrected chi connectivity index (χ1v) is 3.74. The van der Waals surface area contributed by atoms with Crippen LogP contribution in [0.1, 0.15) is 12.8 Å². The van der Waals surface area contributed by atoms with Gasteiger partial charge in [-0.05, 0) is 12.8 Å². The Morgan fingerprint density at radius 2 is 1.78 bits per heavy atom. The molecule has 2 bridgehead atoms. The van der Waals surface area contributed by atoms with Gasteiger partial charge >= 0.3 is 0 Å². The van der Waals surface area contributed by atoms with E-state index < -0.39 is 0 Å². The van der Waals surface area contributed by atoms with E-state index in [9.17, 15) is 0 Å². The zero-order chi connectivity index (χ0) is 5.90. The molecular formula is C8H10O. The van der Waals surface area contributed by atoms with Gasteiger partial charge in [-0.25, -0.2) is 0 Å². The molecule has 0 amide bonds. The molecule has 2 aliphatic carbocycles. The minimum atomic E-state index is 0.361. The summed E-state index contributed by atoms with van der Waals surface area (Å²) in [5.41, 5.74) is 0.361. The maximum atomic E-state index is 5.48. The zero-order valence-electron chi connectivity index (χ0n) is 5.34. The van der Waals surface area contributed by atoms with Gasteiger partial charge in [0.2, 0.25) is 0 Å². The molecule has 2 atom stereocenters. The smallest absolute Gasteiger partial charge is 0.104 e. The third-order valence-corrected chi connectivity index (χ3v) is 3.10. The van der Waals surface area contributed by atoms with Gasteiger partial charge in [-0.15, -0.1) is 0 Å². The van der Waals surface area contributed by atoms with Gasteiger partial charge in [-0.3, -0.25) is 0 Å². The average Bonchev–Trinajstić information content (AvgIpc) is 2.53. The van der Waals surface area contributed by atoms with Crippen molar-refractivity contribution in [2.24, 2.45) is 11.8 Å². The van der Waals surface area contributed by atoms with E-state index in [1.165, 1.54) is 12.8 Å². The Hall–Kier alpha value is -0.300. The molecule has 1 aliphatic heterocycles. The third kappa shape index (κ3) is 0.351. The van der Waals surface area contributed by atoms with Crippen molar-refractivity contribution >= 4 is 0 Å². The fourth-order valence-electron chi connectivity index (χ4n) is 2.42. The fourth-order valence-corrected chi connectivity index (χ4v) is 2.42. The molecule has 2 unspecified atom stereocenters. The summed E-state index contributed by atoms with van der Waals surface area (Å²) in [4.78, 5) is 0. The van der Waals surface area contributed by atoms with Crippen molar-refractivity contribution in [1.29, 1.82) is 0 Å². The molecule has 0 aromatic rings. The highest BCUT2D eigenvalue weighted by molar-refractivity contribution is 5.25. The van der Waals surface area contributed by atoms with Crippen molar-refractivity contribution in [3.8, 4) is 0 Å². The lowest BCUT2D eigenvalue weighted by Crippen LogP contribution is -2.17. The van der Waals surface area contributed by atoms with E-state index in [1.807, 2.05) is 0 Å². The van der Waals surface area contributed by atoms with Gasteiger partial charge in [0.05, 0.1) is 6.61 Å². The minimum absolute atomic E-state index is 0.361. The molecule has 48 valence electrons. The Balaban J connectivity index is 2.10. The maximum Gasteiger partial charge on any atom is 0.104 e. The largest absolute Gasteiger partial charge is 0.368 e. The van der Waals surface area contributed by atoms with E-state index in [4.69, 9.17) is 4.74 Å². The highest BCUT2D eigenvalue weighted by Gasteiger charge is 2.61. The van der Waals surface area contributed by atoms with Crippen LogP contribution in [0.25, 0.3) is 0 Å². The van der Waals surface area contributed by atoms with Crippen LogP contribution < -0.4 is 0 Å². The predicted molar refractivity (Wildman–Crippen MR) is 34.0 cm³/mol. The Labute approximate surface area is 54.7 Å². The SMILES string of the molecule is C1=CC2CCC1C21CO1. The topological polar surface area (TPSA) is 12.5 Å². The number of hydrogen-bond acceptors (Lipinski definition) is 1. The Morgan fingerprint density at radius 1 is 1.22 bits per heavy atom. The van der Waals surface area contributed by atoms with E-state index in [0.717, 1.165) is 18.4 Å². The van der Waals surface area contributed by atoms with Crippen LogP contribution >= 0.6 is 0 Å². The predicted octanol–water partition coefficient (Wildman–Crippen LogP) is 1.35. The molecule has 1 nitrogen and oxygen atoms in total. The van der Waals surface area contributed by atoms with Crippen molar-refractivity contribution in [1.82, 2.24) is 0 Å². The maximum absolute atomic E-state index is 5.48. The summed E-state index contributed by atoms with van der Waals surface area (Å²) in [5, 5.41) is 0. The summed E-state index contributed by atoms with van der Waals surface area (Å²) in [6, 6.07) is 0. The highest BCUT2D eigenvalue weighted by atomic mass is 16.6. The van der Waals surface area contributed by atoms with Gasteiger partial charge in [0.25, 0.3) is 0 Å². The van der Waals surface area contributed by atoms with Crippen LogP contribution in [0.15, 0.2) is 12.2 Å². The van der Waals surface area contributed by atoms with E-state index in [1.54, 1.807) is 0 Å². The van der Waals surface area contributed by atoms with Gasteiger partial charge in [0, 0.05) is 11.8 Å². The summed E-state index contributed by atoms with van der Waals surface area (Å²) < 4.78 is 5.48. The van der Waals surface area contributed by atoms with E-state index in [-0.39, 0.29) is 0 Å². The van der Waals surface area contributed by atoms with Crippen molar-refractivity contribution in [3.63, 3.8) is 0 Å². The average molecular weight is 122 g/mol. The van der Waals surface area contributed by atoms with Gasteiger partial charge in [-0.2, -0.15) is 0 Å². The second-order valence-corrected chi connectivity index (χ2v) is 3.42. The second kappa shape index (κ2) is 1.10. The van der Waals surface area contributed by atoms with Crippen LogP contribution in [0, 0.1) is 11.8 Å². The highest BCUT2D eigenvalue weighted by Crippen LogP contribution is 2.56. The standard InChI is InChI=1S/C8H10O/c1-2-7-4-3-6(1)8(7)5-9-8/h1-2,6-7H,3-5H2. The normalized spacial score (nSPS) is 59.6. The van der Waals surface area contributed by atoms with Gasteiger partial charge in [0.15, 0.2) is 0 Å². The molecule has 0 aromatic heterocycles. The summed E-state index contributed by atoms with van der Waals surface area (Å²) in [5.74, 6) is 1.59. The van der Waals surface area contributed by atoms with Crippen molar-refractivity contribution in [2.75, 3.05) is 6.61 Å². The fraction of sp³-hybridized carbons (Fsp3) is 0.750. The van der Waals surface area contributed by atoms with Crippen LogP contribution in [0.3, 0.4) is 0 Å². The quantitative estimate of drug-likeness (QED) is 0.349. The van der Waals surface area contributed by atoms with Gasteiger partial charge in [0.1, 0.15) is 5.60 Å². The zero-order valence-corrected chi connectivity index (χ0v) is 5.34. The molecule has 3 rings (SSSR count). The van der Waals surface area contributed by atoms with Crippen LogP contribution in [0.2, 0.25) is 0 Å². The summed E-state index contributed by atoms with van der Waals surface area (Å²) in [6.07, 6.45) is 7.45. The van der Waals surface area contributed by atoms with E-state index in [2.05, 4.69) is 12.2 Å². The molecule has 1 spiro atoms. The Kier molecular flexibility index (Phi) is 0.552. The van der Waals surface area contributed by atoms with Crippen LogP contribution in [0.4, 0.5) is 0 Å². The number of rotatable bonds is 0. The van der Waals surface area contributed by atoms with Crippen molar-refractivity contribution in [2.45, 2.75) is 18.4 Å². The first-order chi connectivity index (χ1) is 4.42. The van der Waals surface area contributed by atoms with Gasteiger partial charge in [-0.1, -0.05) is 12.2 Å². The van der Waals surface area contributed by atoms with Gasteiger partial charge < -0.3 is 4.74 Å². The lowest BCUT2D eigenvalue weighted by atomic mass is 9.98. The van der Waals surface area contributed by atoms with Crippen LogP contribution in [0.5, 0.6) is 0 Å². The lowest BCUT2D eigenvalue weighted by Gasteiger charge is -2.06. The Morgan fingerprint density at radius 3 is 2.00 bits per heavy atom. The molecule has 1 heteroatoms. The molecular weight excluding hydrogens is 112 g/mol. The van der Waals surface area contributed by atoms with Crippen LogP contribution in [-0.2, 0) is 4.74 Å². The summed E-state index contributed by atoms with van der Waals surface area (Å²) in [6.45, 7) is 1.04. The minimum Gasteiger partial charge on any atom is -0.368 e. The molecule has 0 radical (unpaired) electrons. The number of epoxide rings is 1. The second-order valence-electron chi connectivity index (χ2n) is 3.42. The molecule has 1 heterocycles. The first kappa shape index (κ1) is 4.51. The number of ether oxygens (including phenoxy) is 1. The molecule has 9 heavy (non-hydrogen) atoms. The van der Waals surface area contributed by atoms with Crippen molar-refractivity contribution in [3.05, 3.63) is 12.2 Å². The third-order valence-electron chi connectivity index (χ3n) is 3.10. The van der Waals surface area contributed by atoms with Crippen LogP contribution in [-0.4, -0.2) is 12.2 Å². The molecule has 0 aromatic carbocycles. The van der Waals surface area contributed by atoms with E-state index in [0.29, 0.717) is 5.60 Å². The molecule has 0 N–H and O–H groups in total. The first-order valence-electron chi connectivity index (χ1n) is 3.74. The lowest BCUT2D eigenvalue weighted by molar-refractivity contribution is 0.256. The number of hydrogen-bond donors (Lipinski definition) is 0. The Bertz CT molecular complexity index is 163. The molecule has 3 aliphatic rings. The summed E-state index contributed by atoms with van der Waals surface area (Å²) >= 11 is 0. The molecule has 1 saturated carbocycles. The molecule has 1 saturated heterocycles. The van der Waals surface area contributed by atoms with Crippen molar-refractivity contribution < 1.29 is 4.74 Å².